The lowest BCUT2D eigenvalue weighted by atomic mass is 10.2. The van der Waals surface area contributed by atoms with Gasteiger partial charge in [0, 0.05) is 12.7 Å². The predicted molar refractivity (Wildman–Crippen MR) is 57.9 cm³/mol. The molecule has 1 atom stereocenters. The van der Waals surface area contributed by atoms with Crippen LogP contribution in [-0.2, 0) is 10.6 Å². The van der Waals surface area contributed by atoms with Crippen LogP contribution in [0.3, 0.4) is 0 Å². The molecule has 0 heterocycles. The van der Waals surface area contributed by atoms with Crippen LogP contribution >= 0.6 is 11.6 Å². The summed E-state index contributed by atoms with van der Waals surface area (Å²) in [7, 11) is 1.57. The van der Waals surface area contributed by atoms with E-state index in [-0.39, 0.29) is 17.7 Å². The Labute approximate surface area is 94.0 Å². The van der Waals surface area contributed by atoms with E-state index in [2.05, 4.69) is 0 Å². The Kier molecular flexibility index (Phi) is 4.85. The van der Waals surface area contributed by atoms with Crippen LogP contribution in [0.15, 0.2) is 18.2 Å². The second kappa shape index (κ2) is 5.93. The molecule has 4 heteroatoms. The highest BCUT2D eigenvalue weighted by atomic mass is 35.5. The van der Waals surface area contributed by atoms with E-state index in [9.17, 15) is 4.39 Å². The third-order valence-corrected chi connectivity index (χ3v) is 2.20. The SMILES string of the molecule is COCC(C)Oc1c(F)cccc1CCl. The first-order valence-electron chi connectivity index (χ1n) is 4.68. The van der Waals surface area contributed by atoms with Crippen molar-refractivity contribution in [1.29, 1.82) is 0 Å². The van der Waals surface area contributed by atoms with Crippen LogP contribution in [0, 0.1) is 5.82 Å². The molecule has 2 nitrogen and oxygen atoms in total. The topological polar surface area (TPSA) is 18.5 Å². The van der Waals surface area contributed by atoms with Crippen LogP contribution in [0.25, 0.3) is 0 Å². The molecular formula is C11H14ClFO2. The van der Waals surface area contributed by atoms with Gasteiger partial charge in [0.05, 0.1) is 12.5 Å². The van der Waals surface area contributed by atoms with Crippen LogP contribution in [0.1, 0.15) is 12.5 Å². The van der Waals surface area contributed by atoms with Crippen molar-refractivity contribution < 1.29 is 13.9 Å². The Morgan fingerprint density at radius 3 is 2.80 bits per heavy atom. The zero-order valence-corrected chi connectivity index (χ0v) is 9.55. The third-order valence-electron chi connectivity index (χ3n) is 1.91. The number of halogens is 2. The van der Waals surface area contributed by atoms with E-state index in [1.54, 1.807) is 19.2 Å². The number of alkyl halides is 1. The Balaban J connectivity index is 2.82. The standard InChI is InChI=1S/C11H14ClFO2/c1-8(7-14-2)15-11-9(6-12)4-3-5-10(11)13/h3-5,8H,6-7H2,1-2H3. The van der Waals surface area contributed by atoms with Gasteiger partial charge in [-0.2, -0.15) is 0 Å². The molecule has 0 saturated carbocycles. The molecule has 0 aliphatic carbocycles. The minimum Gasteiger partial charge on any atom is -0.485 e. The van der Waals surface area contributed by atoms with Crippen molar-refractivity contribution in [3.05, 3.63) is 29.6 Å². The van der Waals surface area contributed by atoms with Crippen molar-refractivity contribution >= 4 is 11.6 Å². The van der Waals surface area contributed by atoms with Gasteiger partial charge in [-0.15, -0.1) is 11.6 Å². The summed E-state index contributed by atoms with van der Waals surface area (Å²) in [6, 6.07) is 4.71. The van der Waals surface area contributed by atoms with Crippen molar-refractivity contribution in [3.63, 3.8) is 0 Å². The fourth-order valence-corrected chi connectivity index (χ4v) is 1.47. The van der Waals surface area contributed by atoms with Gasteiger partial charge in [-0.05, 0) is 13.0 Å². The van der Waals surface area contributed by atoms with Gasteiger partial charge in [0.25, 0.3) is 0 Å². The molecular weight excluding hydrogens is 219 g/mol. The molecule has 0 saturated heterocycles. The first kappa shape index (κ1) is 12.3. The Morgan fingerprint density at radius 2 is 2.20 bits per heavy atom. The normalized spacial score (nSPS) is 12.5. The largest absolute Gasteiger partial charge is 0.485 e. The van der Waals surface area contributed by atoms with Crippen molar-refractivity contribution in [1.82, 2.24) is 0 Å². The minimum atomic E-state index is -0.392. The molecule has 0 spiro atoms. The van der Waals surface area contributed by atoms with Gasteiger partial charge < -0.3 is 9.47 Å². The summed E-state index contributed by atoms with van der Waals surface area (Å²) >= 11 is 5.69. The lowest BCUT2D eigenvalue weighted by Crippen LogP contribution is -2.19. The lowest BCUT2D eigenvalue weighted by Gasteiger charge is -2.16. The van der Waals surface area contributed by atoms with E-state index in [4.69, 9.17) is 21.1 Å². The smallest absolute Gasteiger partial charge is 0.165 e. The van der Waals surface area contributed by atoms with Crippen LogP contribution in [0.2, 0.25) is 0 Å². The number of benzene rings is 1. The molecule has 0 aliphatic heterocycles. The zero-order chi connectivity index (χ0) is 11.3. The predicted octanol–water partition coefficient (Wildman–Crippen LogP) is 2.98. The number of methoxy groups -OCH3 is 1. The Hall–Kier alpha value is -0.800. The highest BCUT2D eigenvalue weighted by Crippen LogP contribution is 2.25. The number of rotatable bonds is 5. The van der Waals surface area contributed by atoms with Crippen molar-refractivity contribution in [3.8, 4) is 5.75 Å². The van der Waals surface area contributed by atoms with Crippen LogP contribution in [0.4, 0.5) is 4.39 Å². The third kappa shape index (κ3) is 3.36. The average Bonchev–Trinajstić information content (AvgIpc) is 2.21. The number of ether oxygens (including phenoxy) is 2. The number of para-hydroxylation sites is 1. The lowest BCUT2D eigenvalue weighted by molar-refractivity contribution is 0.0887. The summed E-state index contributed by atoms with van der Waals surface area (Å²) in [5.74, 6) is 0.0560. The molecule has 84 valence electrons. The van der Waals surface area contributed by atoms with E-state index in [1.165, 1.54) is 6.07 Å². The van der Waals surface area contributed by atoms with Gasteiger partial charge >= 0.3 is 0 Å². The Morgan fingerprint density at radius 1 is 1.47 bits per heavy atom. The average molecular weight is 233 g/mol. The number of hydrogen-bond donors (Lipinski definition) is 0. The molecule has 0 aromatic heterocycles. The van der Waals surface area contributed by atoms with E-state index < -0.39 is 5.82 Å². The Bertz CT molecular complexity index is 317. The van der Waals surface area contributed by atoms with Gasteiger partial charge in [-0.25, -0.2) is 4.39 Å². The molecule has 1 rings (SSSR count). The van der Waals surface area contributed by atoms with Crippen molar-refractivity contribution in [2.24, 2.45) is 0 Å². The maximum atomic E-state index is 13.4. The molecule has 0 N–H and O–H groups in total. The summed E-state index contributed by atoms with van der Waals surface area (Å²) in [6.07, 6.45) is -0.200. The molecule has 0 radical (unpaired) electrons. The second-order valence-electron chi connectivity index (χ2n) is 3.25. The van der Waals surface area contributed by atoms with Gasteiger partial charge in [0.15, 0.2) is 11.6 Å². The van der Waals surface area contributed by atoms with Crippen LogP contribution in [0.5, 0.6) is 5.75 Å². The van der Waals surface area contributed by atoms with E-state index in [0.717, 1.165) is 0 Å². The van der Waals surface area contributed by atoms with Gasteiger partial charge in [-0.3, -0.25) is 0 Å². The highest BCUT2D eigenvalue weighted by molar-refractivity contribution is 6.17. The molecule has 0 amide bonds. The summed E-state index contributed by atoms with van der Waals surface area (Å²) < 4.78 is 23.7. The first-order valence-corrected chi connectivity index (χ1v) is 5.21. The molecule has 1 aromatic carbocycles. The van der Waals surface area contributed by atoms with Crippen LogP contribution in [-0.4, -0.2) is 19.8 Å². The summed E-state index contributed by atoms with van der Waals surface area (Å²) in [4.78, 5) is 0. The van der Waals surface area contributed by atoms with Gasteiger partial charge in [-0.1, -0.05) is 12.1 Å². The fraction of sp³-hybridized carbons (Fsp3) is 0.455. The van der Waals surface area contributed by atoms with Crippen molar-refractivity contribution in [2.75, 3.05) is 13.7 Å². The maximum absolute atomic E-state index is 13.4. The fourth-order valence-electron chi connectivity index (χ4n) is 1.26. The van der Waals surface area contributed by atoms with Gasteiger partial charge in [0.1, 0.15) is 6.10 Å². The molecule has 1 unspecified atom stereocenters. The molecule has 1 aromatic rings. The maximum Gasteiger partial charge on any atom is 0.165 e. The summed E-state index contributed by atoms with van der Waals surface area (Å²) in [6.45, 7) is 2.23. The minimum absolute atomic E-state index is 0.200. The van der Waals surface area contributed by atoms with Crippen molar-refractivity contribution in [2.45, 2.75) is 18.9 Å². The molecule has 0 fully saturated rings. The second-order valence-corrected chi connectivity index (χ2v) is 3.51. The molecule has 15 heavy (non-hydrogen) atoms. The monoisotopic (exact) mass is 232 g/mol. The van der Waals surface area contributed by atoms with E-state index in [0.29, 0.717) is 12.2 Å². The quantitative estimate of drug-likeness (QED) is 0.727. The molecule has 0 bridgehead atoms. The van der Waals surface area contributed by atoms with E-state index >= 15 is 0 Å². The molecule has 0 aliphatic rings. The van der Waals surface area contributed by atoms with Gasteiger partial charge in [0.2, 0.25) is 0 Å². The van der Waals surface area contributed by atoms with E-state index in [1.807, 2.05) is 6.92 Å². The van der Waals surface area contributed by atoms with Crippen LogP contribution < -0.4 is 4.74 Å². The highest BCUT2D eigenvalue weighted by Gasteiger charge is 2.12. The zero-order valence-electron chi connectivity index (χ0n) is 8.80. The summed E-state index contributed by atoms with van der Waals surface area (Å²) in [5, 5.41) is 0. The first-order chi connectivity index (χ1) is 7.19. The number of hydrogen-bond acceptors (Lipinski definition) is 2. The summed E-state index contributed by atoms with van der Waals surface area (Å²) in [5.41, 5.74) is 0.652.